The number of fused-ring (bicyclic) bond motifs is 1. The molecule has 0 bridgehead atoms. The van der Waals surface area contributed by atoms with Gasteiger partial charge in [-0.1, -0.05) is 19.3 Å². The molecule has 24 heavy (non-hydrogen) atoms. The van der Waals surface area contributed by atoms with E-state index in [1.165, 1.54) is 13.3 Å². The van der Waals surface area contributed by atoms with E-state index in [2.05, 4.69) is 30.4 Å². The molecule has 0 radical (unpaired) electrons. The Morgan fingerprint density at radius 3 is 2.50 bits per heavy atom. The third-order valence-corrected chi connectivity index (χ3v) is 4.95. The topological polar surface area (TPSA) is 78.6 Å². The van der Waals surface area contributed by atoms with Crippen LogP contribution in [0.3, 0.4) is 0 Å². The summed E-state index contributed by atoms with van der Waals surface area (Å²) in [5.74, 6) is -3.51. The summed E-state index contributed by atoms with van der Waals surface area (Å²) < 4.78 is 29.7. The van der Waals surface area contributed by atoms with E-state index in [1.54, 1.807) is 0 Å². The quantitative estimate of drug-likeness (QED) is 0.843. The molecule has 0 saturated heterocycles. The number of nitrogens with one attached hydrogen (secondary N) is 1. The molecule has 1 aromatic rings. The molecule has 3 heterocycles. The lowest BCUT2D eigenvalue weighted by Crippen LogP contribution is -2.32. The number of halogens is 2. The van der Waals surface area contributed by atoms with Gasteiger partial charge in [0.1, 0.15) is 5.70 Å². The van der Waals surface area contributed by atoms with E-state index in [9.17, 15) is 4.39 Å². The van der Waals surface area contributed by atoms with Gasteiger partial charge in [-0.15, -0.1) is 0 Å². The molecule has 1 N–H and O–H groups in total. The molecule has 1 aromatic heterocycles. The Morgan fingerprint density at radius 1 is 1.08 bits per heavy atom. The average Bonchev–Trinajstić information content (AvgIpc) is 3.14. The predicted octanol–water partition coefficient (Wildman–Crippen LogP) is 3.32. The molecule has 4 rings (SSSR count). The molecule has 6 nitrogen and oxygen atoms in total. The van der Waals surface area contributed by atoms with Crippen LogP contribution in [0.1, 0.15) is 50.4 Å². The van der Waals surface area contributed by atoms with Crippen LogP contribution in [0.15, 0.2) is 26.2 Å². The van der Waals surface area contributed by atoms with E-state index < -0.39 is 11.8 Å². The number of hydrogen-bond acceptors (Lipinski definition) is 5. The van der Waals surface area contributed by atoms with Crippen molar-refractivity contribution < 1.29 is 8.78 Å². The highest BCUT2D eigenvalue weighted by Crippen LogP contribution is 2.39. The minimum atomic E-state index is -2.76. The maximum Gasteiger partial charge on any atom is 0.317 e. The number of amidine groups is 1. The second-order valence-corrected chi connectivity index (χ2v) is 6.52. The smallest absolute Gasteiger partial charge is 0.231 e. The summed E-state index contributed by atoms with van der Waals surface area (Å²) >= 11 is 0. The number of aliphatic imine (C=N–C) groups is 3. The fourth-order valence-corrected chi connectivity index (χ4v) is 3.64. The first-order valence-corrected chi connectivity index (χ1v) is 8.22. The first-order valence-electron chi connectivity index (χ1n) is 8.22. The van der Waals surface area contributed by atoms with Crippen molar-refractivity contribution in [3.8, 4) is 0 Å². The molecule has 0 amide bonds. The Labute approximate surface area is 137 Å². The van der Waals surface area contributed by atoms with E-state index in [0.29, 0.717) is 11.6 Å². The molecule has 0 spiro atoms. The van der Waals surface area contributed by atoms with Gasteiger partial charge in [-0.25, -0.2) is 19.4 Å². The third-order valence-electron chi connectivity index (χ3n) is 4.95. The van der Waals surface area contributed by atoms with Crippen molar-refractivity contribution in [3.63, 3.8) is 0 Å². The van der Waals surface area contributed by atoms with Gasteiger partial charge in [-0.3, -0.25) is 0 Å². The van der Waals surface area contributed by atoms with Gasteiger partial charge < -0.3 is 0 Å². The van der Waals surface area contributed by atoms with Crippen LogP contribution < -0.4 is 0 Å². The van der Waals surface area contributed by atoms with Crippen LogP contribution in [-0.2, 0) is 5.79 Å². The van der Waals surface area contributed by atoms with Crippen molar-refractivity contribution in [2.24, 2.45) is 20.9 Å². The SMILES string of the molecule is CC1=C2N=C(F)C(F)(c3n[nH]nc3C)N=C2N=C1C1CCCCC1. The van der Waals surface area contributed by atoms with Crippen molar-refractivity contribution in [2.75, 3.05) is 0 Å². The van der Waals surface area contributed by atoms with Gasteiger partial charge in [0, 0.05) is 11.5 Å². The standard InChI is InChI=1S/C16H18F2N6/c1-8-11(10-6-4-3-5-7-10)19-14-12(8)20-15(17)16(18,21-14)13-9(2)22-24-23-13/h10H,3-7H2,1-2H3,(H,22,23,24). The van der Waals surface area contributed by atoms with E-state index in [-0.39, 0.29) is 17.2 Å². The van der Waals surface area contributed by atoms with Gasteiger partial charge in [0.25, 0.3) is 5.97 Å². The van der Waals surface area contributed by atoms with E-state index in [4.69, 9.17) is 0 Å². The number of H-pyrrole nitrogens is 1. The Kier molecular flexibility index (Phi) is 3.43. The number of aromatic nitrogens is 3. The number of rotatable bonds is 2. The summed E-state index contributed by atoms with van der Waals surface area (Å²) in [5, 5.41) is 9.74. The first kappa shape index (κ1) is 15.3. The molecular weight excluding hydrogens is 314 g/mol. The Balaban J connectivity index is 1.77. The normalized spacial score (nSPS) is 27.8. The number of nitrogens with zero attached hydrogens (tertiary/aromatic N) is 5. The highest BCUT2D eigenvalue weighted by atomic mass is 19.2. The van der Waals surface area contributed by atoms with Gasteiger partial charge in [0.2, 0.25) is 0 Å². The molecule has 1 aliphatic carbocycles. The molecule has 3 aliphatic rings. The maximum atomic E-state index is 15.2. The number of aryl methyl sites for hydroxylation is 1. The van der Waals surface area contributed by atoms with E-state index >= 15 is 4.39 Å². The van der Waals surface area contributed by atoms with Gasteiger partial charge in [-0.05, 0) is 26.7 Å². The summed E-state index contributed by atoms with van der Waals surface area (Å²) in [4.78, 5) is 12.3. The number of aromatic amines is 1. The molecule has 1 saturated carbocycles. The Morgan fingerprint density at radius 2 is 1.83 bits per heavy atom. The highest BCUT2D eigenvalue weighted by Gasteiger charge is 2.48. The van der Waals surface area contributed by atoms with Gasteiger partial charge in [-0.2, -0.15) is 19.8 Å². The number of alkyl halides is 1. The molecule has 1 fully saturated rings. The van der Waals surface area contributed by atoms with Crippen LogP contribution in [0.25, 0.3) is 0 Å². The maximum absolute atomic E-state index is 15.2. The predicted molar refractivity (Wildman–Crippen MR) is 86.6 cm³/mol. The van der Waals surface area contributed by atoms with Crippen LogP contribution in [0.2, 0.25) is 0 Å². The second-order valence-electron chi connectivity index (χ2n) is 6.52. The minimum absolute atomic E-state index is 0.152. The van der Waals surface area contributed by atoms with Crippen LogP contribution in [0.5, 0.6) is 0 Å². The van der Waals surface area contributed by atoms with Crippen molar-refractivity contribution in [1.29, 1.82) is 0 Å². The van der Waals surface area contributed by atoms with Crippen LogP contribution in [-0.4, -0.2) is 32.9 Å². The molecule has 8 heteroatoms. The summed E-state index contributed by atoms with van der Waals surface area (Å²) in [6, 6.07) is 0. The zero-order chi connectivity index (χ0) is 16.9. The zero-order valence-electron chi connectivity index (χ0n) is 13.6. The lowest BCUT2D eigenvalue weighted by atomic mass is 9.83. The molecule has 1 unspecified atom stereocenters. The third kappa shape index (κ3) is 2.16. The van der Waals surface area contributed by atoms with Crippen molar-refractivity contribution in [1.82, 2.24) is 15.4 Å². The Hall–Kier alpha value is -2.25. The van der Waals surface area contributed by atoms with Crippen molar-refractivity contribution in [2.45, 2.75) is 51.7 Å². The summed E-state index contributed by atoms with van der Waals surface area (Å²) in [7, 11) is 0. The summed E-state index contributed by atoms with van der Waals surface area (Å²) in [5.41, 5.74) is 2.04. The van der Waals surface area contributed by atoms with Gasteiger partial charge in [0.05, 0.1) is 11.4 Å². The molecule has 1 atom stereocenters. The van der Waals surface area contributed by atoms with Crippen LogP contribution >= 0.6 is 0 Å². The molecule has 126 valence electrons. The highest BCUT2D eigenvalue weighted by molar-refractivity contribution is 6.23. The van der Waals surface area contributed by atoms with E-state index in [1.807, 2.05) is 6.92 Å². The van der Waals surface area contributed by atoms with Crippen LogP contribution in [0.4, 0.5) is 8.78 Å². The van der Waals surface area contributed by atoms with Crippen molar-refractivity contribution >= 4 is 17.5 Å². The fourth-order valence-electron chi connectivity index (χ4n) is 3.64. The lowest BCUT2D eigenvalue weighted by Gasteiger charge is -2.22. The lowest BCUT2D eigenvalue weighted by molar-refractivity contribution is 0.245. The fraction of sp³-hybridized carbons (Fsp3) is 0.562. The van der Waals surface area contributed by atoms with Gasteiger partial charge >= 0.3 is 5.79 Å². The molecule has 2 aliphatic heterocycles. The first-order chi connectivity index (χ1) is 11.5. The van der Waals surface area contributed by atoms with E-state index in [0.717, 1.165) is 37.0 Å². The average molecular weight is 332 g/mol. The molecule has 0 aromatic carbocycles. The minimum Gasteiger partial charge on any atom is -0.231 e. The number of allylic oxidation sites excluding steroid dienone is 1. The number of hydrogen-bond donors (Lipinski definition) is 1. The Bertz CT molecular complexity index is 812. The zero-order valence-corrected chi connectivity index (χ0v) is 13.6. The monoisotopic (exact) mass is 332 g/mol. The summed E-state index contributed by atoms with van der Waals surface area (Å²) in [6.45, 7) is 3.39. The second kappa shape index (κ2) is 5.39. The van der Waals surface area contributed by atoms with Crippen molar-refractivity contribution in [3.05, 3.63) is 22.7 Å². The van der Waals surface area contributed by atoms with Crippen LogP contribution in [0, 0.1) is 12.8 Å². The van der Waals surface area contributed by atoms with Gasteiger partial charge in [0.15, 0.2) is 11.5 Å². The summed E-state index contributed by atoms with van der Waals surface area (Å²) in [6.07, 6.45) is 5.63. The molecular formula is C16H18F2N6. The largest absolute Gasteiger partial charge is 0.317 e.